The first-order valence-electron chi connectivity index (χ1n) is 7.24. The fourth-order valence-corrected chi connectivity index (χ4v) is 4.28. The number of thiophene rings is 1. The molecule has 0 aliphatic carbocycles. The summed E-state index contributed by atoms with van der Waals surface area (Å²) in [5.41, 5.74) is 0. The fourth-order valence-electron chi connectivity index (χ4n) is 3.14. The van der Waals surface area contributed by atoms with E-state index >= 15 is 0 Å². The number of nitrogens with one attached hydrogen (secondary N) is 1. The summed E-state index contributed by atoms with van der Waals surface area (Å²) in [6.07, 6.45) is 1.28. The van der Waals surface area contributed by atoms with Crippen LogP contribution in [0.1, 0.15) is 31.2 Å². The van der Waals surface area contributed by atoms with E-state index in [-0.39, 0.29) is 0 Å². The molecule has 2 heterocycles. The summed E-state index contributed by atoms with van der Waals surface area (Å²) in [5.74, 6) is 0. The number of fused-ring (bicyclic) bond motifs is 1. The molecule has 2 unspecified atom stereocenters. The van der Waals surface area contributed by atoms with E-state index in [0.717, 1.165) is 13.1 Å². The number of rotatable bonds is 4. The molecule has 2 atom stereocenters. The Morgan fingerprint density at radius 2 is 2.26 bits per heavy atom. The van der Waals surface area contributed by atoms with Crippen LogP contribution in [-0.4, -0.2) is 30.6 Å². The summed E-state index contributed by atoms with van der Waals surface area (Å²) in [7, 11) is 0. The van der Waals surface area contributed by atoms with E-state index < -0.39 is 0 Å². The molecule has 102 valence electrons. The number of benzene rings is 1. The lowest BCUT2D eigenvalue weighted by atomic mass is 10.1. The maximum absolute atomic E-state index is 3.48. The van der Waals surface area contributed by atoms with Gasteiger partial charge in [0, 0.05) is 28.2 Å². The minimum absolute atomic E-state index is 0.521. The molecule has 2 nitrogen and oxygen atoms in total. The average molecular weight is 274 g/mol. The van der Waals surface area contributed by atoms with Crippen LogP contribution in [-0.2, 0) is 0 Å². The number of hydrogen-bond donors (Lipinski definition) is 1. The van der Waals surface area contributed by atoms with Gasteiger partial charge in [-0.15, -0.1) is 11.3 Å². The molecule has 1 fully saturated rings. The minimum atomic E-state index is 0.521. The van der Waals surface area contributed by atoms with Crippen LogP contribution in [0, 0.1) is 0 Å². The molecule has 1 aliphatic heterocycles. The van der Waals surface area contributed by atoms with Gasteiger partial charge in [0.1, 0.15) is 0 Å². The zero-order valence-corrected chi connectivity index (χ0v) is 12.5. The first kappa shape index (κ1) is 13.1. The zero-order chi connectivity index (χ0) is 13.2. The van der Waals surface area contributed by atoms with Crippen LogP contribution in [0.15, 0.2) is 30.3 Å². The van der Waals surface area contributed by atoms with Gasteiger partial charge in [-0.25, -0.2) is 0 Å². The quantitative estimate of drug-likeness (QED) is 0.915. The molecule has 3 rings (SSSR count). The lowest BCUT2D eigenvalue weighted by molar-refractivity contribution is 0.165. The predicted molar refractivity (Wildman–Crippen MR) is 83.9 cm³/mol. The van der Waals surface area contributed by atoms with Crippen LogP contribution in [0.4, 0.5) is 0 Å². The normalized spacial score (nSPS) is 21.3. The van der Waals surface area contributed by atoms with Crippen molar-refractivity contribution in [3.8, 4) is 0 Å². The topological polar surface area (TPSA) is 15.3 Å². The van der Waals surface area contributed by atoms with E-state index in [1.54, 1.807) is 0 Å². The van der Waals surface area contributed by atoms with Gasteiger partial charge in [0.15, 0.2) is 0 Å². The van der Waals surface area contributed by atoms with E-state index in [9.17, 15) is 0 Å². The Morgan fingerprint density at radius 1 is 1.42 bits per heavy atom. The van der Waals surface area contributed by atoms with Gasteiger partial charge >= 0.3 is 0 Å². The SMILES string of the molecule is CCN(C1CCNC1)C(C)c1cc2ccccc2s1. The standard InChI is InChI=1S/C16H22N2S/c1-3-18(14-8-9-17-11-14)12(2)16-10-13-6-4-5-7-15(13)19-16/h4-7,10,12,14,17H,3,8-9,11H2,1-2H3. The lowest BCUT2D eigenvalue weighted by Gasteiger charge is -2.32. The highest BCUT2D eigenvalue weighted by molar-refractivity contribution is 7.19. The predicted octanol–water partition coefficient (Wildman–Crippen LogP) is 3.65. The van der Waals surface area contributed by atoms with Crippen LogP contribution in [0.3, 0.4) is 0 Å². The first-order valence-corrected chi connectivity index (χ1v) is 8.06. The van der Waals surface area contributed by atoms with Crippen molar-refractivity contribution in [2.24, 2.45) is 0 Å². The maximum Gasteiger partial charge on any atom is 0.0417 e. The Morgan fingerprint density at radius 3 is 2.95 bits per heavy atom. The van der Waals surface area contributed by atoms with Gasteiger partial charge in [-0.2, -0.15) is 0 Å². The summed E-state index contributed by atoms with van der Waals surface area (Å²) >= 11 is 1.95. The Labute approximate surface area is 119 Å². The van der Waals surface area contributed by atoms with Crippen LogP contribution < -0.4 is 5.32 Å². The molecule has 0 bridgehead atoms. The molecule has 2 aromatic rings. The van der Waals surface area contributed by atoms with Crippen molar-refractivity contribution < 1.29 is 0 Å². The van der Waals surface area contributed by atoms with Gasteiger partial charge < -0.3 is 5.32 Å². The van der Waals surface area contributed by atoms with E-state index in [0.29, 0.717) is 12.1 Å². The fraction of sp³-hybridized carbons (Fsp3) is 0.500. The van der Waals surface area contributed by atoms with Gasteiger partial charge in [0.25, 0.3) is 0 Å². The van der Waals surface area contributed by atoms with Crippen molar-refractivity contribution >= 4 is 21.4 Å². The monoisotopic (exact) mass is 274 g/mol. The molecule has 1 aromatic heterocycles. The summed E-state index contributed by atoms with van der Waals surface area (Å²) in [5, 5.41) is 4.87. The molecule has 1 aliphatic rings. The van der Waals surface area contributed by atoms with Crippen molar-refractivity contribution in [3.05, 3.63) is 35.2 Å². The Balaban J connectivity index is 1.86. The van der Waals surface area contributed by atoms with E-state index in [1.165, 1.54) is 27.9 Å². The Bertz CT molecular complexity index is 509. The molecule has 1 N–H and O–H groups in total. The molecule has 3 heteroatoms. The molecule has 0 amide bonds. The molecular formula is C16H22N2S. The second kappa shape index (κ2) is 5.61. The second-order valence-electron chi connectivity index (χ2n) is 5.34. The second-order valence-corrected chi connectivity index (χ2v) is 6.45. The van der Waals surface area contributed by atoms with E-state index in [4.69, 9.17) is 0 Å². The summed E-state index contributed by atoms with van der Waals surface area (Å²) in [6.45, 7) is 8.07. The van der Waals surface area contributed by atoms with Crippen molar-refractivity contribution in [2.75, 3.05) is 19.6 Å². The summed E-state index contributed by atoms with van der Waals surface area (Å²) in [4.78, 5) is 4.14. The van der Waals surface area contributed by atoms with Gasteiger partial charge in [-0.1, -0.05) is 25.1 Å². The highest BCUT2D eigenvalue weighted by Crippen LogP contribution is 2.33. The van der Waals surface area contributed by atoms with Crippen LogP contribution in [0.5, 0.6) is 0 Å². The molecular weight excluding hydrogens is 252 g/mol. The molecule has 0 radical (unpaired) electrons. The van der Waals surface area contributed by atoms with Crippen LogP contribution in [0.2, 0.25) is 0 Å². The zero-order valence-electron chi connectivity index (χ0n) is 11.7. The maximum atomic E-state index is 3.48. The Kier molecular flexibility index (Phi) is 3.87. The van der Waals surface area contributed by atoms with E-state index in [1.807, 2.05) is 11.3 Å². The third-order valence-electron chi connectivity index (χ3n) is 4.22. The van der Waals surface area contributed by atoms with Gasteiger partial charge in [-0.05, 0) is 44.0 Å². The molecule has 1 aromatic carbocycles. The Hall–Kier alpha value is -0.900. The third kappa shape index (κ3) is 2.55. The number of likely N-dealkylation sites (N-methyl/N-ethyl adjacent to an activating group) is 1. The first-order chi connectivity index (χ1) is 9.29. The summed E-state index contributed by atoms with van der Waals surface area (Å²) < 4.78 is 1.41. The van der Waals surface area contributed by atoms with Crippen molar-refractivity contribution in [2.45, 2.75) is 32.4 Å². The third-order valence-corrected chi connectivity index (χ3v) is 5.51. The number of hydrogen-bond acceptors (Lipinski definition) is 3. The van der Waals surface area contributed by atoms with Crippen LogP contribution >= 0.6 is 11.3 Å². The van der Waals surface area contributed by atoms with Crippen molar-refractivity contribution in [3.63, 3.8) is 0 Å². The van der Waals surface area contributed by atoms with Gasteiger partial charge in [0.2, 0.25) is 0 Å². The minimum Gasteiger partial charge on any atom is -0.315 e. The highest BCUT2D eigenvalue weighted by atomic mass is 32.1. The average Bonchev–Trinajstić information content (AvgIpc) is 3.08. The molecule has 0 saturated carbocycles. The molecule has 0 spiro atoms. The van der Waals surface area contributed by atoms with Gasteiger partial charge in [0.05, 0.1) is 0 Å². The van der Waals surface area contributed by atoms with Crippen LogP contribution in [0.25, 0.3) is 10.1 Å². The lowest BCUT2D eigenvalue weighted by Crippen LogP contribution is -2.38. The van der Waals surface area contributed by atoms with Crippen molar-refractivity contribution in [1.29, 1.82) is 0 Å². The summed E-state index contributed by atoms with van der Waals surface area (Å²) in [6, 6.07) is 12.3. The van der Waals surface area contributed by atoms with E-state index in [2.05, 4.69) is 54.4 Å². The number of nitrogens with zero attached hydrogens (tertiary/aromatic N) is 1. The molecule has 19 heavy (non-hydrogen) atoms. The smallest absolute Gasteiger partial charge is 0.0417 e. The highest BCUT2D eigenvalue weighted by Gasteiger charge is 2.26. The van der Waals surface area contributed by atoms with Gasteiger partial charge in [-0.3, -0.25) is 4.90 Å². The van der Waals surface area contributed by atoms with Crippen molar-refractivity contribution in [1.82, 2.24) is 10.2 Å². The molecule has 1 saturated heterocycles. The largest absolute Gasteiger partial charge is 0.315 e.